The molecule has 3 aliphatic heterocycles. The molecule has 3 heterocycles. The van der Waals surface area contributed by atoms with Crippen molar-refractivity contribution in [3.8, 4) is 0 Å². The zero-order chi connectivity index (χ0) is 11.7. The van der Waals surface area contributed by atoms with Gasteiger partial charge in [0, 0.05) is 5.56 Å². The van der Waals surface area contributed by atoms with Gasteiger partial charge in [0.25, 0.3) is 0 Å². The highest BCUT2D eigenvalue weighted by Crippen LogP contribution is 2.35. The fourth-order valence-corrected chi connectivity index (χ4v) is 3.52. The molecule has 1 nitrogen and oxygen atoms in total. The standard InChI is InChI=1S/C16H22N/c1-2-14-3-5-16(6-4-14)13-17-10-7-15(8-11-17)9-12-17/h2-6,15H,1,7-13H2/q+1. The molecule has 2 bridgehead atoms. The van der Waals surface area contributed by atoms with E-state index in [2.05, 4.69) is 30.8 Å². The van der Waals surface area contributed by atoms with Gasteiger partial charge in [-0.05, 0) is 30.7 Å². The Labute approximate surface area is 104 Å². The van der Waals surface area contributed by atoms with E-state index in [9.17, 15) is 0 Å². The number of benzene rings is 1. The van der Waals surface area contributed by atoms with Gasteiger partial charge in [-0.3, -0.25) is 0 Å². The lowest BCUT2D eigenvalue weighted by atomic mass is 9.85. The van der Waals surface area contributed by atoms with E-state index in [1.807, 2.05) is 6.08 Å². The van der Waals surface area contributed by atoms with Gasteiger partial charge in [-0.1, -0.05) is 36.9 Å². The highest BCUT2D eigenvalue weighted by Gasteiger charge is 2.39. The maximum Gasteiger partial charge on any atom is 0.104 e. The van der Waals surface area contributed by atoms with Gasteiger partial charge in [0.1, 0.15) is 6.54 Å². The second-order valence-electron chi connectivity index (χ2n) is 5.85. The quantitative estimate of drug-likeness (QED) is 0.695. The summed E-state index contributed by atoms with van der Waals surface area (Å²) < 4.78 is 1.35. The van der Waals surface area contributed by atoms with Crippen molar-refractivity contribution in [3.63, 3.8) is 0 Å². The second kappa shape index (κ2) is 4.30. The molecule has 0 saturated carbocycles. The fraction of sp³-hybridized carbons (Fsp3) is 0.500. The van der Waals surface area contributed by atoms with E-state index in [1.54, 1.807) is 0 Å². The molecule has 0 amide bonds. The van der Waals surface area contributed by atoms with E-state index in [1.165, 1.54) is 61.1 Å². The molecule has 0 N–H and O–H groups in total. The maximum atomic E-state index is 3.81. The number of hydrogen-bond donors (Lipinski definition) is 0. The van der Waals surface area contributed by atoms with Gasteiger partial charge in [0.05, 0.1) is 19.6 Å². The van der Waals surface area contributed by atoms with Gasteiger partial charge in [0.15, 0.2) is 0 Å². The van der Waals surface area contributed by atoms with Crippen molar-refractivity contribution in [2.75, 3.05) is 19.6 Å². The summed E-state index contributed by atoms with van der Waals surface area (Å²) in [6, 6.07) is 8.95. The van der Waals surface area contributed by atoms with Crippen LogP contribution in [0.3, 0.4) is 0 Å². The molecular formula is C16H22N+. The summed E-state index contributed by atoms with van der Waals surface area (Å²) in [4.78, 5) is 0. The summed E-state index contributed by atoms with van der Waals surface area (Å²) in [5.41, 5.74) is 2.72. The van der Waals surface area contributed by atoms with Crippen LogP contribution in [-0.4, -0.2) is 24.1 Å². The number of rotatable bonds is 3. The highest BCUT2D eigenvalue weighted by molar-refractivity contribution is 5.47. The van der Waals surface area contributed by atoms with E-state index < -0.39 is 0 Å². The topological polar surface area (TPSA) is 0 Å². The largest absolute Gasteiger partial charge is 0.320 e. The predicted octanol–water partition coefficient (Wildman–Crippen LogP) is 3.46. The van der Waals surface area contributed by atoms with E-state index in [0.717, 1.165) is 5.92 Å². The zero-order valence-corrected chi connectivity index (χ0v) is 10.6. The minimum Gasteiger partial charge on any atom is -0.320 e. The molecule has 1 aromatic carbocycles. The third kappa shape index (κ3) is 2.16. The van der Waals surface area contributed by atoms with Crippen LogP contribution in [-0.2, 0) is 6.54 Å². The Balaban J connectivity index is 1.74. The van der Waals surface area contributed by atoms with Crippen LogP contribution in [0.1, 0.15) is 30.4 Å². The SMILES string of the molecule is C=Cc1ccc(C[N+]23CCC(CC2)CC3)cc1. The number of fused-ring (bicyclic) bond motifs is 3. The molecule has 3 saturated heterocycles. The molecule has 1 aromatic rings. The van der Waals surface area contributed by atoms with Crippen molar-refractivity contribution in [1.29, 1.82) is 0 Å². The van der Waals surface area contributed by atoms with Crippen LogP contribution in [0.4, 0.5) is 0 Å². The van der Waals surface area contributed by atoms with Gasteiger partial charge in [-0.15, -0.1) is 0 Å². The first-order valence-electron chi connectivity index (χ1n) is 6.86. The molecule has 0 aromatic heterocycles. The van der Waals surface area contributed by atoms with Gasteiger partial charge in [-0.25, -0.2) is 0 Å². The lowest BCUT2D eigenvalue weighted by Crippen LogP contribution is -2.57. The number of quaternary nitrogens is 1. The lowest BCUT2D eigenvalue weighted by molar-refractivity contribution is -0.955. The Morgan fingerprint density at radius 3 is 2.18 bits per heavy atom. The second-order valence-corrected chi connectivity index (χ2v) is 5.85. The molecular weight excluding hydrogens is 206 g/mol. The molecule has 4 rings (SSSR count). The van der Waals surface area contributed by atoms with Crippen LogP contribution in [0, 0.1) is 5.92 Å². The Bertz CT molecular complexity index is 382. The van der Waals surface area contributed by atoms with Crippen LogP contribution in [0.15, 0.2) is 30.8 Å². The molecule has 0 spiro atoms. The molecule has 0 radical (unpaired) electrons. The first-order valence-corrected chi connectivity index (χ1v) is 6.86. The van der Waals surface area contributed by atoms with Crippen molar-refractivity contribution < 1.29 is 4.48 Å². The molecule has 3 fully saturated rings. The molecule has 17 heavy (non-hydrogen) atoms. The average Bonchev–Trinajstić information content (AvgIpc) is 2.41. The van der Waals surface area contributed by atoms with Crippen molar-refractivity contribution in [2.45, 2.75) is 25.8 Å². The summed E-state index contributed by atoms with van der Waals surface area (Å²) in [5, 5.41) is 0. The van der Waals surface area contributed by atoms with Crippen LogP contribution >= 0.6 is 0 Å². The normalized spacial score (nSPS) is 31.4. The van der Waals surface area contributed by atoms with Gasteiger partial charge < -0.3 is 4.48 Å². The van der Waals surface area contributed by atoms with Crippen molar-refractivity contribution in [1.82, 2.24) is 0 Å². The Morgan fingerprint density at radius 2 is 1.65 bits per heavy atom. The monoisotopic (exact) mass is 228 g/mol. The highest BCUT2D eigenvalue weighted by atomic mass is 15.4. The van der Waals surface area contributed by atoms with Crippen LogP contribution in [0.2, 0.25) is 0 Å². The summed E-state index contributed by atoms with van der Waals surface area (Å²) in [5.74, 6) is 1.05. The first kappa shape index (κ1) is 11.0. The number of hydrogen-bond acceptors (Lipinski definition) is 0. The summed E-state index contributed by atoms with van der Waals surface area (Å²) in [7, 11) is 0. The number of piperidine rings is 3. The maximum absolute atomic E-state index is 3.81. The van der Waals surface area contributed by atoms with Crippen molar-refractivity contribution in [3.05, 3.63) is 42.0 Å². The van der Waals surface area contributed by atoms with E-state index >= 15 is 0 Å². The predicted molar refractivity (Wildman–Crippen MR) is 72.4 cm³/mol. The molecule has 0 unspecified atom stereocenters. The van der Waals surface area contributed by atoms with Crippen LogP contribution in [0.25, 0.3) is 6.08 Å². The zero-order valence-electron chi connectivity index (χ0n) is 10.6. The van der Waals surface area contributed by atoms with E-state index in [4.69, 9.17) is 0 Å². The lowest BCUT2D eigenvalue weighted by Gasteiger charge is -2.49. The Morgan fingerprint density at radius 1 is 1.06 bits per heavy atom. The van der Waals surface area contributed by atoms with Gasteiger partial charge >= 0.3 is 0 Å². The molecule has 1 heteroatoms. The molecule has 3 aliphatic rings. The van der Waals surface area contributed by atoms with Crippen molar-refractivity contribution in [2.24, 2.45) is 5.92 Å². The minimum absolute atomic E-state index is 1.05. The third-order valence-corrected chi connectivity index (χ3v) is 4.77. The average molecular weight is 228 g/mol. The van der Waals surface area contributed by atoms with Gasteiger partial charge in [0.2, 0.25) is 0 Å². The molecule has 90 valence electrons. The summed E-state index contributed by atoms with van der Waals surface area (Å²) in [6.45, 7) is 9.28. The minimum atomic E-state index is 1.05. The first-order chi connectivity index (χ1) is 8.30. The Hall–Kier alpha value is -1.08. The van der Waals surface area contributed by atoms with Crippen molar-refractivity contribution >= 4 is 6.08 Å². The summed E-state index contributed by atoms with van der Waals surface area (Å²) in [6.07, 6.45) is 6.31. The Kier molecular flexibility index (Phi) is 2.79. The van der Waals surface area contributed by atoms with Gasteiger partial charge in [-0.2, -0.15) is 0 Å². The summed E-state index contributed by atoms with van der Waals surface area (Å²) >= 11 is 0. The van der Waals surface area contributed by atoms with E-state index in [0.29, 0.717) is 0 Å². The smallest absolute Gasteiger partial charge is 0.104 e. The fourth-order valence-electron chi connectivity index (χ4n) is 3.52. The molecule has 0 atom stereocenters. The number of nitrogens with zero attached hydrogens (tertiary/aromatic N) is 1. The van der Waals surface area contributed by atoms with E-state index in [-0.39, 0.29) is 0 Å². The van der Waals surface area contributed by atoms with Crippen LogP contribution < -0.4 is 0 Å². The molecule has 0 aliphatic carbocycles. The van der Waals surface area contributed by atoms with Crippen LogP contribution in [0.5, 0.6) is 0 Å². The third-order valence-electron chi connectivity index (χ3n) is 4.77.